The Morgan fingerprint density at radius 1 is 1.67 bits per heavy atom. The fourth-order valence-electron chi connectivity index (χ4n) is 1.69. The van der Waals surface area contributed by atoms with Gasteiger partial charge in [0.25, 0.3) is 5.91 Å². The van der Waals surface area contributed by atoms with Crippen LogP contribution in [0, 0.1) is 11.8 Å². The van der Waals surface area contributed by atoms with Gasteiger partial charge < -0.3 is 16.4 Å². The number of nitrogens with one attached hydrogen (secondary N) is 2. The standard InChI is InChI=1S/C12H13N3O2S/c13-4-1-2-8-3-5-18-11(8)12(17)15-9-6-10(16)14-7-9/h3,5,9H,4,6-7,13H2,(H,14,16)(H,15,17). The number of rotatable bonds is 2. The van der Waals surface area contributed by atoms with E-state index < -0.39 is 0 Å². The quantitative estimate of drug-likeness (QED) is 0.639. The lowest BCUT2D eigenvalue weighted by atomic mass is 10.2. The van der Waals surface area contributed by atoms with Gasteiger partial charge in [-0.3, -0.25) is 9.59 Å². The average molecular weight is 263 g/mol. The van der Waals surface area contributed by atoms with Crippen LogP contribution in [-0.4, -0.2) is 30.9 Å². The Morgan fingerprint density at radius 3 is 3.17 bits per heavy atom. The molecular formula is C12H13N3O2S. The van der Waals surface area contributed by atoms with Gasteiger partial charge in [0.1, 0.15) is 4.88 Å². The highest BCUT2D eigenvalue weighted by Gasteiger charge is 2.24. The summed E-state index contributed by atoms with van der Waals surface area (Å²) in [6.45, 7) is 0.748. The first-order valence-electron chi connectivity index (χ1n) is 5.54. The van der Waals surface area contributed by atoms with Gasteiger partial charge in [-0.1, -0.05) is 11.8 Å². The van der Waals surface area contributed by atoms with Crippen LogP contribution in [0.1, 0.15) is 21.7 Å². The molecule has 1 aromatic heterocycles. The minimum absolute atomic E-state index is 0.0328. The Bertz CT molecular complexity index is 527. The lowest BCUT2D eigenvalue weighted by Gasteiger charge is -2.09. The third kappa shape index (κ3) is 2.88. The lowest BCUT2D eigenvalue weighted by molar-refractivity contribution is -0.119. The molecule has 4 N–H and O–H groups in total. The van der Waals surface area contributed by atoms with E-state index in [1.54, 1.807) is 6.07 Å². The number of carbonyl (C=O) groups excluding carboxylic acids is 2. The second-order valence-corrected chi connectivity index (χ2v) is 4.76. The molecule has 2 rings (SSSR count). The van der Waals surface area contributed by atoms with Crippen LogP contribution in [0.15, 0.2) is 11.4 Å². The first-order chi connectivity index (χ1) is 8.70. The molecule has 1 saturated heterocycles. The minimum atomic E-state index is -0.187. The predicted octanol–water partition coefficient (Wildman–Crippen LogP) is -0.323. The van der Waals surface area contributed by atoms with Crippen molar-refractivity contribution in [2.75, 3.05) is 13.1 Å². The largest absolute Gasteiger partial charge is 0.354 e. The molecule has 0 bridgehead atoms. The molecule has 1 aliphatic rings. The third-order valence-electron chi connectivity index (χ3n) is 2.51. The molecule has 6 heteroatoms. The van der Waals surface area contributed by atoms with E-state index in [1.165, 1.54) is 11.3 Å². The first-order valence-corrected chi connectivity index (χ1v) is 6.42. The molecule has 5 nitrogen and oxygen atoms in total. The molecule has 0 saturated carbocycles. The van der Waals surface area contributed by atoms with E-state index in [1.807, 2.05) is 5.38 Å². The molecule has 1 atom stereocenters. The molecule has 0 radical (unpaired) electrons. The normalized spacial score (nSPS) is 17.8. The number of carbonyl (C=O) groups is 2. The van der Waals surface area contributed by atoms with Crippen molar-refractivity contribution in [3.05, 3.63) is 21.9 Å². The Morgan fingerprint density at radius 2 is 2.50 bits per heavy atom. The monoisotopic (exact) mass is 263 g/mol. The zero-order chi connectivity index (χ0) is 13.0. The lowest BCUT2D eigenvalue weighted by Crippen LogP contribution is -2.36. The van der Waals surface area contributed by atoms with Gasteiger partial charge in [-0.25, -0.2) is 0 Å². The summed E-state index contributed by atoms with van der Waals surface area (Å²) >= 11 is 1.33. The fraction of sp³-hybridized carbons (Fsp3) is 0.333. The maximum absolute atomic E-state index is 12.0. The molecule has 1 aromatic rings. The molecular weight excluding hydrogens is 250 g/mol. The molecule has 2 amide bonds. The maximum atomic E-state index is 12.0. The van der Waals surface area contributed by atoms with Crippen molar-refractivity contribution in [3.63, 3.8) is 0 Å². The summed E-state index contributed by atoms with van der Waals surface area (Å²) in [5.74, 6) is 5.36. The predicted molar refractivity (Wildman–Crippen MR) is 69.1 cm³/mol. The molecule has 1 aliphatic heterocycles. The van der Waals surface area contributed by atoms with E-state index in [4.69, 9.17) is 5.73 Å². The highest BCUT2D eigenvalue weighted by atomic mass is 32.1. The van der Waals surface area contributed by atoms with Crippen LogP contribution in [0.4, 0.5) is 0 Å². The molecule has 1 unspecified atom stereocenters. The van der Waals surface area contributed by atoms with E-state index >= 15 is 0 Å². The average Bonchev–Trinajstić information content (AvgIpc) is 2.95. The summed E-state index contributed by atoms with van der Waals surface area (Å²) in [5, 5.41) is 7.31. The van der Waals surface area contributed by atoms with Crippen molar-refractivity contribution in [1.82, 2.24) is 10.6 Å². The number of hydrogen-bond donors (Lipinski definition) is 3. The van der Waals surface area contributed by atoms with Crippen LogP contribution in [0.2, 0.25) is 0 Å². The molecule has 0 aromatic carbocycles. The van der Waals surface area contributed by atoms with Gasteiger partial charge in [-0.2, -0.15) is 0 Å². The molecule has 2 heterocycles. The number of hydrogen-bond acceptors (Lipinski definition) is 4. The molecule has 1 fully saturated rings. The van der Waals surface area contributed by atoms with E-state index in [2.05, 4.69) is 22.5 Å². The fourth-order valence-corrected chi connectivity index (χ4v) is 2.44. The number of amides is 2. The SMILES string of the molecule is NCC#Cc1ccsc1C(=O)NC1CNC(=O)C1. The van der Waals surface area contributed by atoms with Crippen molar-refractivity contribution >= 4 is 23.2 Å². The van der Waals surface area contributed by atoms with E-state index in [9.17, 15) is 9.59 Å². The van der Waals surface area contributed by atoms with Crippen molar-refractivity contribution in [1.29, 1.82) is 0 Å². The van der Waals surface area contributed by atoms with Gasteiger partial charge in [0.05, 0.1) is 12.6 Å². The van der Waals surface area contributed by atoms with Crippen molar-refractivity contribution < 1.29 is 9.59 Å². The Balaban J connectivity index is 2.05. The molecule has 94 valence electrons. The van der Waals surface area contributed by atoms with E-state index in [-0.39, 0.29) is 24.4 Å². The van der Waals surface area contributed by atoms with E-state index in [0.29, 0.717) is 23.4 Å². The van der Waals surface area contributed by atoms with Gasteiger partial charge in [-0.15, -0.1) is 11.3 Å². The van der Waals surface area contributed by atoms with Crippen LogP contribution in [0.25, 0.3) is 0 Å². The van der Waals surface area contributed by atoms with Crippen LogP contribution < -0.4 is 16.4 Å². The smallest absolute Gasteiger partial charge is 0.262 e. The van der Waals surface area contributed by atoms with Gasteiger partial charge in [0, 0.05) is 18.5 Å². The Kier molecular flexibility index (Phi) is 3.97. The number of nitrogens with two attached hydrogens (primary N) is 1. The molecule has 0 aliphatic carbocycles. The number of thiophene rings is 1. The van der Waals surface area contributed by atoms with Gasteiger partial charge in [-0.05, 0) is 11.4 Å². The van der Waals surface area contributed by atoms with Crippen LogP contribution in [0.3, 0.4) is 0 Å². The van der Waals surface area contributed by atoms with Gasteiger partial charge >= 0.3 is 0 Å². The van der Waals surface area contributed by atoms with Crippen LogP contribution in [-0.2, 0) is 4.79 Å². The first kappa shape index (κ1) is 12.6. The summed E-state index contributed by atoms with van der Waals surface area (Å²) < 4.78 is 0. The molecule has 18 heavy (non-hydrogen) atoms. The summed E-state index contributed by atoms with van der Waals surface area (Å²) in [4.78, 5) is 23.6. The third-order valence-corrected chi connectivity index (χ3v) is 3.42. The van der Waals surface area contributed by atoms with Crippen molar-refractivity contribution in [2.24, 2.45) is 5.73 Å². The van der Waals surface area contributed by atoms with E-state index in [0.717, 1.165) is 0 Å². The van der Waals surface area contributed by atoms with Crippen LogP contribution in [0.5, 0.6) is 0 Å². The maximum Gasteiger partial charge on any atom is 0.262 e. The van der Waals surface area contributed by atoms with Crippen molar-refractivity contribution in [3.8, 4) is 11.8 Å². The molecule has 0 spiro atoms. The Labute approximate surface area is 109 Å². The zero-order valence-electron chi connectivity index (χ0n) is 9.66. The van der Waals surface area contributed by atoms with Gasteiger partial charge in [0.15, 0.2) is 0 Å². The highest BCUT2D eigenvalue weighted by Crippen LogP contribution is 2.16. The Hall–Kier alpha value is -1.84. The highest BCUT2D eigenvalue weighted by molar-refractivity contribution is 7.12. The summed E-state index contributed by atoms with van der Waals surface area (Å²) in [7, 11) is 0. The topological polar surface area (TPSA) is 84.2 Å². The second-order valence-electron chi connectivity index (χ2n) is 3.85. The van der Waals surface area contributed by atoms with Crippen LogP contribution >= 0.6 is 11.3 Å². The summed E-state index contributed by atoms with van der Waals surface area (Å²) in [5.41, 5.74) is 5.98. The zero-order valence-corrected chi connectivity index (χ0v) is 10.5. The second kappa shape index (κ2) is 5.67. The van der Waals surface area contributed by atoms with Gasteiger partial charge in [0.2, 0.25) is 5.91 Å². The summed E-state index contributed by atoms with van der Waals surface area (Å²) in [6, 6.07) is 1.66. The van der Waals surface area contributed by atoms with Crippen molar-refractivity contribution in [2.45, 2.75) is 12.5 Å². The minimum Gasteiger partial charge on any atom is -0.354 e. The summed E-state index contributed by atoms with van der Waals surface area (Å²) in [6.07, 6.45) is 0.334.